The number of nitrogens with zero attached hydrogens (tertiary/aromatic N) is 7. The number of carbonyl (C=O) groups excluding carboxylic acids is 5. The highest BCUT2D eigenvalue weighted by Gasteiger charge is 2.48. The summed E-state index contributed by atoms with van der Waals surface area (Å²) in [7, 11) is 1.24. The van der Waals surface area contributed by atoms with Crippen LogP contribution in [-0.4, -0.2) is 187 Å². The van der Waals surface area contributed by atoms with Gasteiger partial charge in [-0.25, -0.2) is 9.78 Å². The Morgan fingerprint density at radius 3 is 1.99 bits per heavy atom. The molecule has 2 saturated carbocycles. The number of H-pyrrole nitrogens is 1. The molecule has 4 aromatic heterocycles. The van der Waals surface area contributed by atoms with Gasteiger partial charge in [0.15, 0.2) is 12.6 Å². The van der Waals surface area contributed by atoms with Crippen molar-refractivity contribution in [3.05, 3.63) is 114 Å². The Hall–Kier alpha value is -8.18. The normalized spacial score (nSPS) is 13.7. The molecule has 4 heterocycles. The van der Waals surface area contributed by atoms with Gasteiger partial charge >= 0.3 is 5.97 Å². The lowest BCUT2D eigenvalue weighted by Gasteiger charge is -2.27. The molecule has 2 atom stereocenters. The second-order valence-corrected chi connectivity index (χ2v) is 24.1. The average molecular weight is 1310 g/mol. The third-order valence-electron chi connectivity index (χ3n) is 15.4. The van der Waals surface area contributed by atoms with Crippen LogP contribution in [0.25, 0.3) is 11.1 Å². The number of aryl methyl sites for hydroxylation is 4. The molecule has 8 rings (SSSR count). The monoisotopic (exact) mass is 1300 g/mol. The van der Waals surface area contributed by atoms with Crippen LogP contribution in [0.3, 0.4) is 0 Å². The number of methoxy groups -OCH3 is 1. The van der Waals surface area contributed by atoms with Crippen LogP contribution in [0.4, 0.5) is 5.69 Å². The number of pyridine rings is 1. The van der Waals surface area contributed by atoms with Gasteiger partial charge in [-0.3, -0.25) is 33.6 Å². The Morgan fingerprint density at radius 2 is 1.37 bits per heavy atom. The summed E-state index contributed by atoms with van der Waals surface area (Å²) >= 11 is 0. The summed E-state index contributed by atoms with van der Waals surface area (Å²) in [5.74, 6) is 0.0441. The smallest absolute Gasteiger partial charge is 0.330 e. The maximum atomic E-state index is 14.0. The molecule has 27 nitrogen and oxygen atoms in total. The molecule has 0 aliphatic heterocycles. The highest BCUT2D eigenvalue weighted by molar-refractivity contribution is 6.01. The van der Waals surface area contributed by atoms with E-state index in [-0.39, 0.29) is 48.3 Å². The van der Waals surface area contributed by atoms with E-state index in [2.05, 4.69) is 51.9 Å². The number of amides is 4. The van der Waals surface area contributed by atoms with Crippen LogP contribution >= 0.6 is 0 Å². The summed E-state index contributed by atoms with van der Waals surface area (Å²) in [6.07, 6.45) is 12.9. The van der Waals surface area contributed by atoms with Crippen LogP contribution in [-0.2, 0) is 72.0 Å². The first kappa shape index (κ1) is 71.7. The van der Waals surface area contributed by atoms with E-state index in [1.54, 1.807) is 41.2 Å². The largest absolute Gasteiger partial charge is 0.484 e. The van der Waals surface area contributed by atoms with Gasteiger partial charge in [-0.1, -0.05) is 36.3 Å². The summed E-state index contributed by atoms with van der Waals surface area (Å²) in [5, 5.41) is 32.0. The quantitative estimate of drug-likeness (QED) is 0.0190. The van der Waals surface area contributed by atoms with E-state index in [4.69, 9.17) is 47.4 Å². The first-order valence-electron chi connectivity index (χ1n) is 32.4. The Balaban J connectivity index is 0.573. The number of benzene rings is 2. The summed E-state index contributed by atoms with van der Waals surface area (Å²) in [5.41, 5.74) is 5.57. The first-order valence-corrected chi connectivity index (χ1v) is 32.4. The average Bonchev–Trinajstić information content (AvgIpc) is 1.62. The second kappa shape index (κ2) is 37.6. The van der Waals surface area contributed by atoms with E-state index in [0.717, 1.165) is 86.1 Å². The Labute approximate surface area is 548 Å². The molecule has 510 valence electrons. The van der Waals surface area contributed by atoms with Gasteiger partial charge in [0.25, 0.3) is 17.7 Å². The summed E-state index contributed by atoms with van der Waals surface area (Å²) in [6.45, 7) is 15.5. The van der Waals surface area contributed by atoms with Crippen LogP contribution in [0.15, 0.2) is 85.3 Å². The van der Waals surface area contributed by atoms with E-state index in [9.17, 15) is 24.0 Å². The molecule has 2 unspecified atom stereocenters. The molecular weight excluding hydrogens is 1210 g/mol. The molecule has 5 N–H and O–H groups in total. The van der Waals surface area contributed by atoms with E-state index >= 15 is 0 Å². The molecule has 2 aromatic carbocycles. The van der Waals surface area contributed by atoms with Crippen LogP contribution in [0.2, 0.25) is 0 Å². The molecule has 2 aliphatic rings. The number of nitrogens with one attached hydrogen (secondary N) is 5. The number of rotatable bonds is 45. The van der Waals surface area contributed by atoms with Crippen molar-refractivity contribution in [2.24, 2.45) is 17.8 Å². The van der Waals surface area contributed by atoms with Gasteiger partial charge in [-0.15, -0.1) is 5.10 Å². The van der Waals surface area contributed by atoms with Crippen LogP contribution in [0.5, 0.6) is 17.4 Å². The lowest BCUT2D eigenvalue weighted by atomic mass is 9.88. The predicted octanol–water partition coefficient (Wildman–Crippen LogP) is 6.98. The Bertz CT molecular complexity index is 3260. The maximum absolute atomic E-state index is 14.0. The molecule has 27 heteroatoms. The molecule has 0 radical (unpaired) electrons. The van der Waals surface area contributed by atoms with Crippen LogP contribution in [0.1, 0.15) is 110 Å². The number of hydrogen-bond donors (Lipinski definition) is 5. The zero-order chi connectivity index (χ0) is 66.5. The highest BCUT2D eigenvalue weighted by Crippen LogP contribution is 2.51. The molecule has 2 aliphatic carbocycles. The fourth-order valence-electron chi connectivity index (χ4n) is 10.4. The summed E-state index contributed by atoms with van der Waals surface area (Å²) in [4.78, 5) is 69.6. The van der Waals surface area contributed by atoms with E-state index in [0.29, 0.717) is 127 Å². The van der Waals surface area contributed by atoms with Gasteiger partial charge < -0.3 is 68.6 Å². The minimum absolute atomic E-state index is 0.0620. The number of anilines is 1. The number of carbonyl (C=O) groups is 5. The van der Waals surface area contributed by atoms with E-state index in [1.807, 2.05) is 69.8 Å². The van der Waals surface area contributed by atoms with Gasteiger partial charge in [-0.05, 0) is 133 Å². The summed E-state index contributed by atoms with van der Waals surface area (Å²) in [6, 6.07) is 17.6. The van der Waals surface area contributed by atoms with Crippen molar-refractivity contribution in [3.63, 3.8) is 0 Å². The molecule has 6 aromatic rings. The molecule has 94 heavy (non-hydrogen) atoms. The second-order valence-electron chi connectivity index (χ2n) is 24.1. The van der Waals surface area contributed by atoms with E-state index < -0.39 is 29.6 Å². The summed E-state index contributed by atoms with van der Waals surface area (Å²) < 4.78 is 59.1. The Morgan fingerprint density at radius 1 is 0.723 bits per heavy atom. The van der Waals surface area contributed by atoms with Crippen LogP contribution in [0, 0.1) is 31.6 Å². The van der Waals surface area contributed by atoms with Crippen LogP contribution < -0.4 is 30.7 Å². The van der Waals surface area contributed by atoms with Crippen molar-refractivity contribution in [3.8, 4) is 28.5 Å². The highest BCUT2D eigenvalue weighted by atomic mass is 16.6. The lowest BCUT2D eigenvalue weighted by molar-refractivity contribution is -0.146. The predicted molar refractivity (Wildman–Crippen MR) is 345 cm³/mol. The molecule has 2 fully saturated rings. The van der Waals surface area contributed by atoms with Crippen molar-refractivity contribution in [1.82, 2.24) is 55.9 Å². The SMILES string of the molecule is COC(=O)C(COC(C)(C)C)NC(=O)c1ccc(Oc2cccc(OCC(=O)NCCOCCOCCOCCOCCOCCOCc3cn(CCCCCCn4nccc4C(=O)NC(C(=O)Nc4ccc(-c5c(C)n[nH]c5C)cc4)C(C4CC4)C4CC4)nn3)c2)nc1. The zero-order valence-corrected chi connectivity index (χ0v) is 54.9. The Kier molecular flexibility index (Phi) is 28.7. The van der Waals surface area contributed by atoms with Crippen molar-refractivity contribution < 1.29 is 71.3 Å². The number of aromatic amines is 1. The van der Waals surface area contributed by atoms with Gasteiger partial charge in [0.2, 0.25) is 11.8 Å². The third kappa shape index (κ3) is 24.6. The van der Waals surface area contributed by atoms with Gasteiger partial charge in [0.1, 0.15) is 28.9 Å². The minimum Gasteiger partial charge on any atom is -0.484 e. The molecule has 0 saturated heterocycles. The fraction of sp³-hybridized carbons (Fsp3) is 0.552. The molecule has 4 amide bonds. The third-order valence-corrected chi connectivity index (χ3v) is 15.4. The number of unbranched alkanes of at least 4 members (excludes halogenated alkanes) is 3. The molecule has 0 bridgehead atoms. The minimum atomic E-state index is -1.00. The number of hydrogen-bond acceptors (Lipinski definition) is 20. The van der Waals surface area contributed by atoms with Crippen molar-refractivity contribution in [2.75, 3.05) is 105 Å². The van der Waals surface area contributed by atoms with Gasteiger partial charge in [0.05, 0.1) is 116 Å². The zero-order valence-electron chi connectivity index (χ0n) is 54.9. The standard InChI is InChI=1S/C67H92N12O15/c1-46-60(47(2)75-74-46)48-18-21-52(22-19-48)71-65(83)62(61(49-14-15-49)50-16-17-50)73-64(82)57-24-25-70-79(57)28-10-8-7-9-27-78-42-53(76-77-78)43-91-39-38-90-37-36-89-35-34-88-33-32-87-31-30-86-29-26-68-58(80)45-92-54-12-11-13-55(40-54)94-59-23-20-51(41-69-59)63(81)72-56(66(84)85-6)44-93-67(3,4)5/h11-13,18-25,40-42,49-50,56,61-62H,7-10,14-17,26-39,43-45H2,1-6H3,(H,68,80)(H,71,83)(H,72,81)(H,73,82)(H,74,75). The first-order chi connectivity index (χ1) is 45.6. The number of esters is 1. The topological polar surface area (TPSA) is 316 Å². The molecular formula is C67H92N12O15. The maximum Gasteiger partial charge on any atom is 0.330 e. The van der Waals surface area contributed by atoms with Crippen molar-refractivity contribution in [2.45, 2.75) is 123 Å². The fourth-order valence-corrected chi connectivity index (χ4v) is 10.4. The lowest BCUT2D eigenvalue weighted by Crippen LogP contribution is -2.50. The van der Waals surface area contributed by atoms with E-state index in [1.165, 1.54) is 25.4 Å². The molecule has 0 spiro atoms. The van der Waals surface area contributed by atoms with Gasteiger partial charge in [0, 0.05) is 61.1 Å². The van der Waals surface area contributed by atoms with Gasteiger partial charge in [-0.2, -0.15) is 10.2 Å². The van der Waals surface area contributed by atoms with Crippen molar-refractivity contribution >= 4 is 35.3 Å². The number of aromatic nitrogens is 8. The number of ether oxygens (including phenoxy) is 10. The van der Waals surface area contributed by atoms with Crippen molar-refractivity contribution in [1.29, 1.82) is 0 Å².